The summed E-state index contributed by atoms with van der Waals surface area (Å²) in [5, 5.41) is 4.39. The predicted molar refractivity (Wildman–Crippen MR) is 65.6 cm³/mol. The van der Waals surface area contributed by atoms with Gasteiger partial charge in [-0.3, -0.25) is 29.8 Å². The molecule has 0 unspecified atom stereocenters. The maximum atomic E-state index is 11.2. The quantitative estimate of drug-likeness (QED) is 0.524. The van der Waals surface area contributed by atoms with Gasteiger partial charge in [-0.25, -0.2) is 0 Å². The van der Waals surface area contributed by atoms with Crippen molar-refractivity contribution in [3.8, 4) is 0 Å². The smallest absolute Gasteiger partial charge is 0.254 e. The van der Waals surface area contributed by atoms with Crippen molar-refractivity contribution >= 4 is 23.6 Å². The molecule has 100 valence electrons. The van der Waals surface area contributed by atoms with Gasteiger partial charge in [-0.15, -0.1) is 0 Å². The molecule has 0 aromatic heterocycles. The lowest BCUT2D eigenvalue weighted by molar-refractivity contribution is -0.125. The Balaban J connectivity index is 1.66. The van der Waals surface area contributed by atoms with Gasteiger partial charge in [-0.05, 0) is 25.7 Å². The van der Waals surface area contributed by atoms with Crippen molar-refractivity contribution in [1.82, 2.24) is 10.6 Å². The SMILES string of the molecule is O=C1C=C(CCCCCC2=CC(=O)NC2=O)C(=O)N1. The van der Waals surface area contributed by atoms with Crippen LogP contribution >= 0.6 is 0 Å². The van der Waals surface area contributed by atoms with Gasteiger partial charge >= 0.3 is 0 Å². The van der Waals surface area contributed by atoms with Crippen molar-refractivity contribution in [3.05, 3.63) is 23.3 Å². The van der Waals surface area contributed by atoms with E-state index in [0.29, 0.717) is 24.0 Å². The lowest BCUT2D eigenvalue weighted by Crippen LogP contribution is -2.22. The molecular formula is C13H14N2O4. The Kier molecular flexibility index (Phi) is 3.89. The molecule has 0 aliphatic carbocycles. The third-order valence-corrected chi connectivity index (χ3v) is 3.06. The second kappa shape index (κ2) is 5.60. The van der Waals surface area contributed by atoms with Crippen LogP contribution in [0.2, 0.25) is 0 Å². The number of hydrogen-bond acceptors (Lipinski definition) is 4. The van der Waals surface area contributed by atoms with E-state index >= 15 is 0 Å². The fourth-order valence-corrected chi connectivity index (χ4v) is 2.08. The molecule has 2 rings (SSSR count). The minimum Gasteiger partial charge on any atom is -0.289 e. The maximum Gasteiger partial charge on any atom is 0.254 e. The van der Waals surface area contributed by atoms with E-state index in [9.17, 15) is 19.2 Å². The standard InChI is InChI=1S/C13H14N2O4/c16-10-6-8(12(18)14-10)4-2-1-3-5-9-7-11(17)15-13(9)19/h6-7H,1-5H2,(H,14,16,18)(H,15,17,19). The van der Waals surface area contributed by atoms with Gasteiger partial charge in [-0.2, -0.15) is 0 Å². The normalized spacial score (nSPS) is 18.3. The molecule has 0 bridgehead atoms. The minimum atomic E-state index is -0.355. The molecule has 6 nitrogen and oxygen atoms in total. The zero-order chi connectivity index (χ0) is 13.8. The Bertz CT molecular complexity index is 471. The van der Waals surface area contributed by atoms with Gasteiger partial charge in [-0.1, -0.05) is 6.42 Å². The van der Waals surface area contributed by atoms with Crippen molar-refractivity contribution in [2.24, 2.45) is 0 Å². The van der Waals surface area contributed by atoms with E-state index in [1.54, 1.807) is 0 Å². The van der Waals surface area contributed by atoms with E-state index < -0.39 is 0 Å². The van der Waals surface area contributed by atoms with E-state index in [1.165, 1.54) is 12.2 Å². The number of nitrogens with one attached hydrogen (secondary N) is 2. The molecule has 0 spiro atoms. The molecule has 19 heavy (non-hydrogen) atoms. The molecule has 0 aromatic carbocycles. The molecular weight excluding hydrogens is 248 g/mol. The number of imide groups is 2. The fraction of sp³-hybridized carbons (Fsp3) is 0.385. The number of carbonyl (C=O) groups excluding carboxylic acids is 4. The molecule has 2 aliphatic heterocycles. The Labute approximate surface area is 109 Å². The summed E-state index contributed by atoms with van der Waals surface area (Å²) in [7, 11) is 0. The van der Waals surface area contributed by atoms with Gasteiger partial charge in [0.2, 0.25) is 0 Å². The summed E-state index contributed by atoms with van der Waals surface area (Å²) in [4.78, 5) is 44.3. The van der Waals surface area contributed by atoms with Crippen LogP contribution in [0.25, 0.3) is 0 Å². The maximum absolute atomic E-state index is 11.2. The minimum absolute atomic E-state index is 0.312. The summed E-state index contributed by atoms with van der Waals surface area (Å²) in [6, 6.07) is 0. The highest BCUT2D eigenvalue weighted by molar-refractivity contribution is 6.16. The molecule has 2 N–H and O–H groups in total. The van der Waals surface area contributed by atoms with Crippen molar-refractivity contribution in [2.75, 3.05) is 0 Å². The molecule has 0 atom stereocenters. The van der Waals surface area contributed by atoms with Gasteiger partial charge in [0.15, 0.2) is 0 Å². The number of carbonyl (C=O) groups is 4. The van der Waals surface area contributed by atoms with Gasteiger partial charge in [0.25, 0.3) is 23.6 Å². The van der Waals surface area contributed by atoms with Crippen LogP contribution < -0.4 is 10.6 Å². The van der Waals surface area contributed by atoms with Crippen molar-refractivity contribution < 1.29 is 19.2 Å². The van der Waals surface area contributed by atoms with E-state index in [-0.39, 0.29) is 23.6 Å². The Hall–Kier alpha value is -2.24. The summed E-state index contributed by atoms with van der Waals surface area (Å²) in [5.74, 6) is -1.33. The molecule has 0 saturated heterocycles. The van der Waals surface area contributed by atoms with Crippen LogP contribution in [0.5, 0.6) is 0 Å². The summed E-state index contributed by atoms with van der Waals surface area (Å²) in [5.41, 5.74) is 1.02. The first-order valence-electron chi connectivity index (χ1n) is 6.18. The first kappa shape index (κ1) is 13.2. The van der Waals surface area contributed by atoms with Crippen LogP contribution in [0, 0.1) is 0 Å². The topological polar surface area (TPSA) is 92.3 Å². The van der Waals surface area contributed by atoms with Crippen LogP contribution in [0.4, 0.5) is 0 Å². The summed E-state index contributed by atoms with van der Waals surface area (Å²) >= 11 is 0. The monoisotopic (exact) mass is 262 g/mol. The van der Waals surface area contributed by atoms with Crippen LogP contribution in [0.15, 0.2) is 23.3 Å². The molecule has 4 amide bonds. The first-order valence-corrected chi connectivity index (χ1v) is 6.18. The van der Waals surface area contributed by atoms with E-state index in [2.05, 4.69) is 10.6 Å². The third-order valence-electron chi connectivity index (χ3n) is 3.06. The highest BCUT2D eigenvalue weighted by Gasteiger charge is 2.21. The number of unbranched alkanes of at least 4 members (excludes halogenated alkanes) is 2. The fourth-order valence-electron chi connectivity index (χ4n) is 2.08. The highest BCUT2D eigenvalue weighted by atomic mass is 16.2. The zero-order valence-corrected chi connectivity index (χ0v) is 10.3. The lowest BCUT2D eigenvalue weighted by atomic mass is 10.0. The first-order chi connectivity index (χ1) is 9.06. The molecule has 6 heteroatoms. The second-order valence-electron chi connectivity index (χ2n) is 4.54. The van der Waals surface area contributed by atoms with Crippen LogP contribution in [-0.4, -0.2) is 23.6 Å². The van der Waals surface area contributed by atoms with Gasteiger partial charge in [0.1, 0.15) is 0 Å². The predicted octanol–water partition coefficient (Wildman–Crippen LogP) is 0.102. The summed E-state index contributed by atoms with van der Waals surface area (Å²) < 4.78 is 0. The number of amides is 4. The third kappa shape index (κ3) is 3.37. The molecule has 0 saturated carbocycles. The van der Waals surface area contributed by atoms with Crippen molar-refractivity contribution in [1.29, 1.82) is 0 Å². The van der Waals surface area contributed by atoms with Crippen LogP contribution in [-0.2, 0) is 19.2 Å². The van der Waals surface area contributed by atoms with Crippen molar-refractivity contribution in [3.63, 3.8) is 0 Å². The van der Waals surface area contributed by atoms with Crippen molar-refractivity contribution in [2.45, 2.75) is 32.1 Å². The Morgan fingerprint density at radius 1 is 0.684 bits per heavy atom. The highest BCUT2D eigenvalue weighted by Crippen LogP contribution is 2.16. The lowest BCUT2D eigenvalue weighted by Gasteiger charge is -2.01. The molecule has 0 aromatic rings. The molecule has 2 heterocycles. The largest absolute Gasteiger partial charge is 0.289 e. The van der Waals surface area contributed by atoms with Crippen LogP contribution in [0.3, 0.4) is 0 Å². The van der Waals surface area contributed by atoms with Crippen LogP contribution in [0.1, 0.15) is 32.1 Å². The molecule has 0 radical (unpaired) electrons. The van der Waals surface area contributed by atoms with Gasteiger partial charge < -0.3 is 0 Å². The molecule has 0 fully saturated rings. The zero-order valence-electron chi connectivity index (χ0n) is 10.3. The second-order valence-corrected chi connectivity index (χ2v) is 4.54. The summed E-state index contributed by atoms with van der Waals surface area (Å²) in [6.07, 6.45) is 6.15. The average molecular weight is 262 g/mol. The molecule has 2 aliphatic rings. The summed E-state index contributed by atoms with van der Waals surface area (Å²) in [6.45, 7) is 0. The Morgan fingerprint density at radius 3 is 1.42 bits per heavy atom. The van der Waals surface area contributed by atoms with E-state index in [0.717, 1.165) is 19.3 Å². The number of hydrogen-bond donors (Lipinski definition) is 2. The van der Waals surface area contributed by atoms with Gasteiger partial charge in [0.05, 0.1) is 0 Å². The number of rotatable bonds is 6. The van der Waals surface area contributed by atoms with E-state index in [4.69, 9.17) is 0 Å². The average Bonchev–Trinajstić information content (AvgIpc) is 2.81. The van der Waals surface area contributed by atoms with E-state index in [1.807, 2.05) is 0 Å². The van der Waals surface area contributed by atoms with Gasteiger partial charge in [0, 0.05) is 23.3 Å². The Morgan fingerprint density at radius 2 is 1.11 bits per heavy atom.